The Hall–Kier alpha value is -1.03. The third-order valence-electron chi connectivity index (χ3n) is 3.05. The van der Waals surface area contributed by atoms with Gasteiger partial charge in [0.2, 0.25) is 10.0 Å². The molecule has 7 nitrogen and oxygen atoms in total. The maximum Gasteiger partial charge on any atom is 0.289 e. The molecule has 0 fully saturated rings. The molecule has 0 saturated carbocycles. The second-order valence-electron chi connectivity index (χ2n) is 4.84. The van der Waals surface area contributed by atoms with E-state index in [1.807, 2.05) is 25.8 Å². The normalized spacial score (nSPS) is 12.1. The van der Waals surface area contributed by atoms with E-state index in [-0.39, 0.29) is 17.5 Å². The Bertz CT molecular complexity index is 619. The van der Waals surface area contributed by atoms with Crippen molar-refractivity contribution in [1.82, 2.24) is 9.62 Å². The summed E-state index contributed by atoms with van der Waals surface area (Å²) in [7, 11) is -2.05. The number of nitrogens with one attached hydrogen (secondary N) is 1. The average molecular weight is 380 g/mol. The maximum absolute atomic E-state index is 12.2. The van der Waals surface area contributed by atoms with Crippen LogP contribution in [0.4, 0.5) is 5.69 Å². The van der Waals surface area contributed by atoms with Crippen molar-refractivity contribution >= 4 is 31.6 Å². The number of halogens is 1. The number of likely N-dealkylation sites (N-methyl/N-ethyl adjacent to an activating group) is 1. The van der Waals surface area contributed by atoms with Gasteiger partial charge in [-0.1, -0.05) is 15.9 Å². The van der Waals surface area contributed by atoms with Crippen molar-refractivity contribution in [3.05, 3.63) is 32.8 Å². The lowest BCUT2D eigenvalue weighted by Gasteiger charge is -2.20. The van der Waals surface area contributed by atoms with Crippen LogP contribution in [0.1, 0.15) is 13.8 Å². The van der Waals surface area contributed by atoms with Crippen LogP contribution in [0.2, 0.25) is 0 Å². The smallest absolute Gasteiger partial charge is 0.289 e. The summed E-state index contributed by atoms with van der Waals surface area (Å²) < 4.78 is 27.3. The van der Waals surface area contributed by atoms with E-state index in [9.17, 15) is 18.5 Å². The summed E-state index contributed by atoms with van der Waals surface area (Å²) >= 11 is 3.13. The van der Waals surface area contributed by atoms with Gasteiger partial charge in [0.05, 0.1) is 4.92 Å². The van der Waals surface area contributed by atoms with Gasteiger partial charge in [0.15, 0.2) is 4.90 Å². The highest BCUT2D eigenvalue weighted by Crippen LogP contribution is 2.26. The lowest BCUT2D eigenvalue weighted by Crippen LogP contribution is -2.36. The molecule has 0 amide bonds. The quantitative estimate of drug-likeness (QED) is 0.577. The number of nitro groups is 1. The van der Waals surface area contributed by atoms with Crippen molar-refractivity contribution in [1.29, 1.82) is 0 Å². The zero-order valence-electron chi connectivity index (χ0n) is 12.0. The average Bonchev–Trinajstić information content (AvgIpc) is 2.37. The van der Waals surface area contributed by atoms with Crippen molar-refractivity contribution in [2.24, 2.45) is 0 Å². The van der Waals surface area contributed by atoms with Gasteiger partial charge in [0.1, 0.15) is 0 Å². The van der Waals surface area contributed by atoms with Crippen LogP contribution in [0.25, 0.3) is 0 Å². The highest BCUT2D eigenvalue weighted by molar-refractivity contribution is 9.10. The number of nitro benzene ring substituents is 1. The molecule has 0 aliphatic carbocycles. The Kier molecular flexibility index (Phi) is 6.26. The second kappa shape index (κ2) is 7.30. The Labute approximate surface area is 132 Å². The first-order chi connectivity index (χ1) is 9.65. The fraction of sp³-hybridized carbons (Fsp3) is 0.500. The molecule has 118 valence electrons. The highest BCUT2D eigenvalue weighted by Gasteiger charge is 2.25. The van der Waals surface area contributed by atoms with Crippen LogP contribution in [-0.4, -0.2) is 44.4 Å². The van der Waals surface area contributed by atoms with E-state index in [1.165, 1.54) is 18.2 Å². The minimum Gasteiger partial charge on any atom is -0.303 e. The van der Waals surface area contributed by atoms with Crippen molar-refractivity contribution < 1.29 is 13.3 Å². The topological polar surface area (TPSA) is 92.6 Å². The number of rotatable bonds is 7. The fourth-order valence-corrected chi connectivity index (χ4v) is 3.27. The van der Waals surface area contributed by atoms with Gasteiger partial charge in [-0.05, 0) is 33.0 Å². The molecular weight excluding hydrogens is 362 g/mol. The lowest BCUT2D eigenvalue weighted by atomic mass is 10.3. The summed E-state index contributed by atoms with van der Waals surface area (Å²) in [4.78, 5) is 11.9. The maximum atomic E-state index is 12.2. The molecule has 0 radical (unpaired) electrons. The molecule has 0 spiro atoms. The highest BCUT2D eigenvalue weighted by atomic mass is 79.9. The summed E-state index contributed by atoms with van der Waals surface area (Å²) in [6, 6.07) is 4.12. The van der Waals surface area contributed by atoms with Crippen molar-refractivity contribution in [2.45, 2.75) is 24.8 Å². The minimum absolute atomic E-state index is 0.181. The largest absolute Gasteiger partial charge is 0.303 e. The third kappa shape index (κ3) is 5.03. The van der Waals surface area contributed by atoms with Crippen molar-refractivity contribution in [2.75, 3.05) is 20.1 Å². The van der Waals surface area contributed by atoms with Crippen molar-refractivity contribution in [3.63, 3.8) is 0 Å². The third-order valence-corrected chi connectivity index (χ3v) is 5.03. The molecule has 1 rings (SSSR count). The Balaban J connectivity index is 2.93. The van der Waals surface area contributed by atoms with Crippen LogP contribution >= 0.6 is 15.9 Å². The van der Waals surface area contributed by atoms with Crippen molar-refractivity contribution in [3.8, 4) is 0 Å². The van der Waals surface area contributed by atoms with E-state index in [1.54, 1.807) is 0 Å². The predicted octanol–water partition coefficient (Wildman–Crippen LogP) is 1.98. The first-order valence-corrected chi connectivity index (χ1v) is 8.56. The van der Waals surface area contributed by atoms with Gasteiger partial charge in [-0.25, -0.2) is 13.1 Å². The molecule has 9 heteroatoms. The Morgan fingerprint density at radius 2 is 2.05 bits per heavy atom. The molecule has 1 N–H and O–H groups in total. The van der Waals surface area contributed by atoms with E-state index in [2.05, 4.69) is 20.7 Å². The Morgan fingerprint density at radius 3 is 2.57 bits per heavy atom. The first kappa shape index (κ1) is 18.0. The van der Waals surface area contributed by atoms with Gasteiger partial charge in [-0.15, -0.1) is 0 Å². The molecule has 21 heavy (non-hydrogen) atoms. The molecule has 0 heterocycles. The van der Waals surface area contributed by atoms with Crippen LogP contribution in [0.5, 0.6) is 0 Å². The number of sulfonamides is 1. The van der Waals surface area contributed by atoms with Gasteiger partial charge < -0.3 is 4.90 Å². The van der Waals surface area contributed by atoms with E-state index in [0.29, 0.717) is 11.0 Å². The van der Waals surface area contributed by atoms with Crippen LogP contribution in [0.3, 0.4) is 0 Å². The second-order valence-corrected chi connectivity index (χ2v) is 7.49. The van der Waals surface area contributed by atoms with Gasteiger partial charge in [-0.2, -0.15) is 0 Å². The van der Waals surface area contributed by atoms with Crippen LogP contribution in [0, 0.1) is 10.1 Å². The molecule has 1 aromatic carbocycles. The molecule has 0 saturated heterocycles. The molecule has 0 bridgehead atoms. The standard InChI is InChI=1S/C12H18BrN3O4S/c1-9(2)15(3)7-6-14-21(19,20)12-8-10(13)4-5-11(12)16(17)18/h4-5,8-9,14H,6-7H2,1-3H3. The molecular formula is C12H18BrN3O4S. The first-order valence-electron chi connectivity index (χ1n) is 6.29. The predicted molar refractivity (Wildman–Crippen MR) is 83.8 cm³/mol. The monoisotopic (exact) mass is 379 g/mol. The molecule has 1 aromatic rings. The summed E-state index contributed by atoms with van der Waals surface area (Å²) in [6.07, 6.45) is 0. The fourth-order valence-electron chi connectivity index (χ4n) is 1.55. The molecule has 0 atom stereocenters. The zero-order valence-corrected chi connectivity index (χ0v) is 14.4. The molecule has 0 aliphatic rings. The number of benzene rings is 1. The van der Waals surface area contributed by atoms with Gasteiger partial charge in [0.25, 0.3) is 5.69 Å². The number of hydrogen-bond acceptors (Lipinski definition) is 5. The van der Waals surface area contributed by atoms with Gasteiger partial charge in [0, 0.05) is 29.7 Å². The van der Waals surface area contributed by atoms with E-state index in [0.717, 1.165) is 0 Å². The number of nitrogens with zero attached hydrogens (tertiary/aromatic N) is 2. The summed E-state index contributed by atoms with van der Waals surface area (Å²) in [6.45, 7) is 4.68. The number of hydrogen-bond donors (Lipinski definition) is 1. The SMILES string of the molecule is CC(C)N(C)CCNS(=O)(=O)c1cc(Br)ccc1[N+](=O)[O-]. The summed E-state index contributed by atoms with van der Waals surface area (Å²) in [5.74, 6) is 0. The van der Waals surface area contributed by atoms with E-state index >= 15 is 0 Å². The molecule has 0 aliphatic heterocycles. The molecule has 0 aromatic heterocycles. The van der Waals surface area contributed by atoms with E-state index < -0.39 is 20.6 Å². The van der Waals surface area contributed by atoms with E-state index in [4.69, 9.17) is 0 Å². The van der Waals surface area contributed by atoms with Gasteiger partial charge in [-0.3, -0.25) is 10.1 Å². The van der Waals surface area contributed by atoms with Gasteiger partial charge >= 0.3 is 0 Å². The van der Waals surface area contributed by atoms with Crippen LogP contribution < -0.4 is 4.72 Å². The lowest BCUT2D eigenvalue weighted by molar-refractivity contribution is -0.387. The summed E-state index contributed by atoms with van der Waals surface area (Å²) in [5.41, 5.74) is -0.442. The minimum atomic E-state index is -3.93. The van der Waals surface area contributed by atoms with Crippen LogP contribution in [-0.2, 0) is 10.0 Å². The van der Waals surface area contributed by atoms with Crippen LogP contribution in [0.15, 0.2) is 27.6 Å². The Morgan fingerprint density at radius 1 is 1.43 bits per heavy atom. The summed E-state index contributed by atoms with van der Waals surface area (Å²) in [5, 5.41) is 10.9. The zero-order chi connectivity index (χ0) is 16.2. The molecule has 0 unspecified atom stereocenters.